The second-order valence-corrected chi connectivity index (χ2v) is 7.38. The molecule has 1 atom stereocenters. The van der Waals surface area contributed by atoms with Gasteiger partial charge >= 0.3 is 0 Å². The van der Waals surface area contributed by atoms with Crippen LogP contribution in [0.1, 0.15) is 39.9 Å². The average Bonchev–Trinajstić information content (AvgIpc) is 3.26. The highest BCUT2D eigenvalue weighted by atomic mass is 32.1. The predicted molar refractivity (Wildman–Crippen MR) is 92.9 cm³/mol. The van der Waals surface area contributed by atoms with Crippen molar-refractivity contribution in [2.75, 3.05) is 6.54 Å². The van der Waals surface area contributed by atoms with E-state index < -0.39 is 0 Å². The first-order chi connectivity index (χ1) is 11.5. The van der Waals surface area contributed by atoms with Gasteiger partial charge in [-0.05, 0) is 37.5 Å². The molecule has 3 rings (SSSR count). The lowest BCUT2D eigenvalue weighted by Gasteiger charge is -2.24. The zero-order chi connectivity index (χ0) is 17.1. The molecule has 2 aromatic heterocycles. The third-order valence-electron chi connectivity index (χ3n) is 4.18. The molecule has 1 saturated heterocycles. The topological polar surface area (TPSA) is 67.2 Å². The van der Waals surface area contributed by atoms with E-state index in [9.17, 15) is 9.59 Å². The van der Waals surface area contributed by atoms with Crippen molar-refractivity contribution in [1.82, 2.24) is 20.0 Å². The van der Waals surface area contributed by atoms with E-state index in [1.165, 1.54) is 18.3 Å². The fraction of sp³-hybridized carbons (Fsp3) is 0.471. The van der Waals surface area contributed by atoms with Crippen LogP contribution >= 0.6 is 11.3 Å². The molecule has 0 spiro atoms. The monoisotopic (exact) mass is 346 g/mol. The van der Waals surface area contributed by atoms with Gasteiger partial charge in [-0.3, -0.25) is 14.3 Å². The first-order valence-corrected chi connectivity index (χ1v) is 8.98. The molecule has 2 amide bonds. The first-order valence-electron chi connectivity index (χ1n) is 8.16. The molecule has 2 aromatic rings. The predicted octanol–water partition coefficient (Wildman–Crippen LogP) is 2.19. The summed E-state index contributed by atoms with van der Waals surface area (Å²) in [5.41, 5.74) is 1.13. The molecule has 24 heavy (non-hydrogen) atoms. The van der Waals surface area contributed by atoms with Gasteiger partial charge in [0.2, 0.25) is 5.91 Å². The van der Waals surface area contributed by atoms with E-state index in [1.54, 1.807) is 0 Å². The number of likely N-dealkylation sites (tertiary alicyclic amines) is 1. The van der Waals surface area contributed by atoms with E-state index >= 15 is 0 Å². The van der Waals surface area contributed by atoms with Crippen LogP contribution in [0, 0.1) is 6.92 Å². The van der Waals surface area contributed by atoms with E-state index in [4.69, 9.17) is 0 Å². The van der Waals surface area contributed by atoms with Crippen LogP contribution < -0.4 is 5.32 Å². The van der Waals surface area contributed by atoms with Crippen molar-refractivity contribution in [3.8, 4) is 0 Å². The van der Waals surface area contributed by atoms with Crippen LogP contribution in [0.2, 0.25) is 0 Å². The summed E-state index contributed by atoms with van der Waals surface area (Å²) in [5, 5.41) is 7.09. The van der Waals surface area contributed by atoms with E-state index in [0.29, 0.717) is 6.54 Å². The number of carbonyl (C=O) groups is 2. The minimum atomic E-state index is -0.0644. The van der Waals surface area contributed by atoms with Crippen LogP contribution in [0.5, 0.6) is 0 Å². The van der Waals surface area contributed by atoms with Crippen molar-refractivity contribution in [2.45, 2.75) is 45.8 Å². The maximum absolute atomic E-state index is 12.8. The second kappa shape index (κ2) is 7.17. The highest BCUT2D eigenvalue weighted by Gasteiger charge is 2.30. The number of aryl methyl sites for hydroxylation is 1. The maximum atomic E-state index is 12.8. The van der Waals surface area contributed by atoms with Gasteiger partial charge < -0.3 is 10.2 Å². The summed E-state index contributed by atoms with van der Waals surface area (Å²) >= 11 is 1.45. The summed E-state index contributed by atoms with van der Waals surface area (Å²) in [6, 6.07) is 3.96. The van der Waals surface area contributed by atoms with Gasteiger partial charge in [0, 0.05) is 24.5 Å². The minimum Gasteiger partial charge on any atom is -0.351 e. The molecule has 128 valence electrons. The van der Waals surface area contributed by atoms with Gasteiger partial charge in [-0.25, -0.2) is 0 Å². The molecule has 0 bridgehead atoms. The fourth-order valence-electron chi connectivity index (χ4n) is 3.02. The number of nitrogens with zero attached hydrogens (tertiary/aromatic N) is 3. The Hall–Kier alpha value is -2.15. The van der Waals surface area contributed by atoms with E-state index in [2.05, 4.69) is 10.4 Å². The number of nitrogens with one attached hydrogen (secondary N) is 1. The Morgan fingerprint density at radius 2 is 2.25 bits per heavy atom. The Balaban J connectivity index is 1.65. The summed E-state index contributed by atoms with van der Waals surface area (Å²) in [6.07, 6.45) is 5.89. The minimum absolute atomic E-state index is 0.0644. The molecule has 1 aliphatic rings. The van der Waals surface area contributed by atoms with Crippen LogP contribution in [0.15, 0.2) is 24.5 Å². The molecule has 0 aromatic carbocycles. The van der Waals surface area contributed by atoms with Crippen LogP contribution in [-0.4, -0.2) is 39.1 Å². The van der Waals surface area contributed by atoms with E-state index in [1.807, 2.05) is 41.0 Å². The molecule has 6 nitrogen and oxygen atoms in total. The number of carbonyl (C=O) groups excluding carboxylic acids is 2. The van der Waals surface area contributed by atoms with Crippen molar-refractivity contribution in [3.63, 3.8) is 0 Å². The van der Waals surface area contributed by atoms with Gasteiger partial charge in [-0.1, -0.05) is 0 Å². The summed E-state index contributed by atoms with van der Waals surface area (Å²) in [7, 11) is 0. The van der Waals surface area contributed by atoms with Crippen LogP contribution in [0.4, 0.5) is 0 Å². The van der Waals surface area contributed by atoms with Crippen LogP contribution in [0.3, 0.4) is 0 Å². The molecule has 7 heteroatoms. The molecular weight excluding hydrogens is 324 g/mol. The molecule has 3 heterocycles. The van der Waals surface area contributed by atoms with Gasteiger partial charge in [0.25, 0.3) is 5.91 Å². The van der Waals surface area contributed by atoms with Crippen LogP contribution in [-0.2, 0) is 17.9 Å². The molecule has 0 saturated carbocycles. The maximum Gasteiger partial charge on any atom is 0.264 e. The zero-order valence-corrected chi connectivity index (χ0v) is 14.8. The summed E-state index contributed by atoms with van der Waals surface area (Å²) < 4.78 is 1.92. The molecule has 1 N–H and O–H groups in total. The van der Waals surface area contributed by atoms with Crippen molar-refractivity contribution >= 4 is 23.2 Å². The second-order valence-electron chi connectivity index (χ2n) is 6.21. The SMILES string of the molecule is CC(=O)NCc1ccc(C(=O)N2CCC[C@@H]2Cn2cc(C)cn2)s1. The Labute approximate surface area is 145 Å². The molecular formula is C17H22N4O2S. The number of hydrogen-bond donors (Lipinski definition) is 1. The number of aromatic nitrogens is 2. The largest absolute Gasteiger partial charge is 0.351 e. The lowest BCUT2D eigenvalue weighted by molar-refractivity contribution is -0.119. The highest BCUT2D eigenvalue weighted by molar-refractivity contribution is 7.14. The van der Waals surface area contributed by atoms with Gasteiger partial charge in [0.15, 0.2) is 0 Å². The fourth-order valence-corrected chi connectivity index (χ4v) is 3.92. The van der Waals surface area contributed by atoms with E-state index in [0.717, 1.165) is 41.2 Å². The number of rotatable bonds is 5. The van der Waals surface area contributed by atoms with Crippen LogP contribution in [0.25, 0.3) is 0 Å². The Morgan fingerprint density at radius 3 is 2.96 bits per heavy atom. The number of thiophene rings is 1. The average molecular weight is 346 g/mol. The van der Waals surface area contributed by atoms with E-state index in [-0.39, 0.29) is 17.9 Å². The Bertz CT molecular complexity index is 737. The molecule has 0 unspecified atom stereocenters. The van der Waals surface area contributed by atoms with Gasteiger partial charge in [-0.2, -0.15) is 5.10 Å². The van der Waals surface area contributed by atoms with Gasteiger partial charge in [0.1, 0.15) is 0 Å². The highest BCUT2D eigenvalue weighted by Crippen LogP contribution is 2.25. The van der Waals surface area contributed by atoms with Crippen molar-refractivity contribution in [3.05, 3.63) is 39.8 Å². The number of hydrogen-bond acceptors (Lipinski definition) is 4. The van der Waals surface area contributed by atoms with Crippen molar-refractivity contribution < 1.29 is 9.59 Å². The summed E-state index contributed by atoms with van der Waals surface area (Å²) in [4.78, 5) is 27.5. The zero-order valence-electron chi connectivity index (χ0n) is 14.0. The molecule has 0 aliphatic carbocycles. The van der Waals surface area contributed by atoms with Gasteiger partial charge in [0.05, 0.1) is 30.2 Å². The lowest BCUT2D eigenvalue weighted by atomic mass is 10.2. The molecule has 0 radical (unpaired) electrons. The smallest absolute Gasteiger partial charge is 0.264 e. The molecule has 1 aliphatic heterocycles. The third-order valence-corrected chi connectivity index (χ3v) is 5.26. The summed E-state index contributed by atoms with van der Waals surface area (Å²) in [6.45, 7) is 5.52. The van der Waals surface area contributed by atoms with Gasteiger partial charge in [-0.15, -0.1) is 11.3 Å². The Kier molecular flexibility index (Phi) is 4.99. The molecule has 1 fully saturated rings. The quantitative estimate of drug-likeness (QED) is 0.902. The lowest BCUT2D eigenvalue weighted by Crippen LogP contribution is -2.37. The Morgan fingerprint density at radius 1 is 1.42 bits per heavy atom. The number of amides is 2. The third kappa shape index (κ3) is 3.84. The van der Waals surface area contributed by atoms with Crippen molar-refractivity contribution in [2.24, 2.45) is 0 Å². The summed E-state index contributed by atoms with van der Waals surface area (Å²) in [5.74, 6) is 0.0193. The first kappa shape index (κ1) is 16.7. The van der Waals surface area contributed by atoms with Crippen molar-refractivity contribution in [1.29, 1.82) is 0 Å². The standard InChI is InChI=1S/C17H22N4O2S/c1-12-8-19-20(10-12)11-14-4-3-7-21(14)17(23)16-6-5-15(24-16)9-18-13(2)22/h5-6,8,10,14H,3-4,7,9,11H2,1-2H3,(H,18,22)/t14-/m1/s1. The normalized spacial score (nSPS) is 17.2.